The fourth-order valence-electron chi connectivity index (χ4n) is 1.74. The van der Waals surface area contributed by atoms with Gasteiger partial charge in [-0.15, -0.1) is 5.10 Å². The minimum Gasteiger partial charge on any atom is -0.396 e. The Morgan fingerprint density at radius 1 is 1.30 bits per heavy atom. The molecule has 0 fully saturated rings. The lowest BCUT2D eigenvalue weighted by Gasteiger charge is -2.24. The molecular weight excluding hydrogens is 256 g/mol. The van der Waals surface area contributed by atoms with Crippen molar-refractivity contribution >= 4 is 5.91 Å². The van der Waals surface area contributed by atoms with E-state index in [2.05, 4.69) is 34.3 Å². The number of carbonyl (C=O) groups is 1. The number of rotatable bonds is 6. The van der Waals surface area contributed by atoms with Gasteiger partial charge in [-0.1, -0.05) is 34.6 Å². The molecule has 3 N–H and O–H groups in total. The van der Waals surface area contributed by atoms with Crippen molar-refractivity contribution in [1.29, 1.82) is 0 Å². The number of aromatic nitrogens is 3. The number of aromatic amines is 1. The lowest BCUT2D eigenvalue weighted by atomic mass is 9.88. The van der Waals surface area contributed by atoms with E-state index in [1.54, 1.807) is 0 Å². The van der Waals surface area contributed by atoms with Crippen molar-refractivity contribution in [1.82, 2.24) is 20.5 Å². The molecule has 1 aromatic heterocycles. The summed E-state index contributed by atoms with van der Waals surface area (Å²) in [5.74, 6) is 0.601. The van der Waals surface area contributed by atoms with Crippen molar-refractivity contribution in [2.45, 2.75) is 52.9 Å². The molecule has 1 aromatic rings. The van der Waals surface area contributed by atoms with Crippen molar-refractivity contribution in [2.75, 3.05) is 13.2 Å². The van der Waals surface area contributed by atoms with Crippen LogP contribution in [0.25, 0.3) is 0 Å². The van der Waals surface area contributed by atoms with Gasteiger partial charge >= 0.3 is 0 Å². The van der Waals surface area contributed by atoms with Crippen LogP contribution in [0.4, 0.5) is 0 Å². The minimum absolute atomic E-state index is 0.0540. The summed E-state index contributed by atoms with van der Waals surface area (Å²) in [5, 5.41) is 18.5. The molecule has 6 nitrogen and oxygen atoms in total. The first kappa shape index (κ1) is 16.6. The highest BCUT2D eigenvalue weighted by Gasteiger charge is 2.23. The Morgan fingerprint density at radius 3 is 2.45 bits per heavy atom. The van der Waals surface area contributed by atoms with Crippen molar-refractivity contribution in [2.24, 2.45) is 5.41 Å². The van der Waals surface area contributed by atoms with E-state index in [0.717, 1.165) is 12.8 Å². The molecule has 0 aliphatic heterocycles. The van der Waals surface area contributed by atoms with E-state index in [-0.39, 0.29) is 29.2 Å². The molecule has 1 amide bonds. The predicted octanol–water partition coefficient (Wildman–Crippen LogP) is 1.63. The second-order valence-corrected chi connectivity index (χ2v) is 6.93. The number of nitrogens with zero attached hydrogens (tertiary/aromatic N) is 2. The monoisotopic (exact) mass is 282 g/mol. The molecule has 0 unspecified atom stereocenters. The fourth-order valence-corrected chi connectivity index (χ4v) is 1.74. The summed E-state index contributed by atoms with van der Waals surface area (Å²) in [7, 11) is 0. The molecule has 20 heavy (non-hydrogen) atoms. The van der Waals surface area contributed by atoms with Gasteiger partial charge in [0.15, 0.2) is 0 Å². The first-order chi connectivity index (χ1) is 9.15. The molecule has 1 rings (SSSR count). The molecule has 0 aliphatic carbocycles. The van der Waals surface area contributed by atoms with Crippen LogP contribution in [0.2, 0.25) is 0 Å². The molecule has 0 atom stereocenters. The standard InChI is InChI=1S/C14H26N4O2/c1-13(2,3)12-16-10(17-18-12)11(20)15-9-14(4,5)7-6-8-19/h19H,6-9H2,1-5H3,(H,15,20)(H,16,17,18). The highest BCUT2D eigenvalue weighted by molar-refractivity contribution is 5.90. The summed E-state index contributed by atoms with van der Waals surface area (Å²) in [6, 6.07) is 0. The number of aliphatic hydroxyl groups excluding tert-OH is 1. The van der Waals surface area contributed by atoms with Gasteiger partial charge in [-0.25, -0.2) is 4.98 Å². The summed E-state index contributed by atoms with van der Waals surface area (Å²) in [5.41, 5.74) is -0.215. The number of nitrogens with one attached hydrogen (secondary N) is 2. The first-order valence-corrected chi connectivity index (χ1v) is 6.98. The zero-order valence-electron chi connectivity index (χ0n) is 13.1. The number of amides is 1. The summed E-state index contributed by atoms with van der Waals surface area (Å²) < 4.78 is 0. The van der Waals surface area contributed by atoms with E-state index in [1.807, 2.05) is 20.8 Å². The third kappa shape index (κ3) is 4.92. The Labute approximate surface area is 120 Å². The molecule has 0 bridgehead atoms. The van der Waals surface area contributed by atoms with E-state index < -0.39 is 0 Å². The summed E-state index contributed by atoms with van der Waals surface area (Å²) in [6.45, 7) is 10.8. The van der Waals surface area contributed by atoms with E-state index in [9.17, 15) is 4.79 Å². The number of hydrogen-bond donors (Lipinski definition) is 3. The third-order valence-corrected chi connectivity index (χ3v) is 3.14. The van der Waals surface area contributed by atoms with E-state index in [4.69, 9.17) is 5.11 Å². The lowest BCUT2D eigenvalue weighted by Crippen LogP contribution is -2.34. The van der Waals surface area contributed by atoms with Crippen LogP contribution >= 0.6 is 0 Å². The van der Waals surface area contributed by atoms with Gasteiger partial charge in [0.2, 0.25) is 5.82 Å². The Balaban J connectivity index is 2.57. The Kier molecular flexibility index (Phi) is 5.28. The van der Waals surface area contributed by atoms with Crippen LogP contribution in [0.5, 0.6) is 0 Å². The second kappa shape index (κ2) is 6.35. The molecule has 0 spiro atoms. The molecule has 114 valence electrons. The molecular formula is C14H26N4O2. The molecule has 0 aromatic carbocycles. The van der Waals surface area contributed by atoms with E-state index in [1.165, 1.54) is 0 Å². The van der Waals surface area contributed by atoms with Gasteiger partial charge in [0, 0.05) is 18.6 Å². The second-order valence-electron chi connectivity index (χ2n) is 6.93. The average molecular weight is 282 g/mol. The molecule has 0 radical (unpaired) electrons. The SMILES string of the molecule is CC(C)(CCCO)CNC(=O)c1n[nH]c(C(C)(C)C)n1. The third-order valence-electron chi connectivity index (χ3n) is 3.14. The summed E-state index contributed by atoms with van der Waals surface area (Å²) in [6.07, 6.45) is 1.59. The Bertz CT molecular complexity index is 446. The van der Waals surface area contributed by atoms with Crippen LogP contribution in [0.1, 0.15) is 63.9 Å². The fraction of sp³-hybridized carbons (Fsp3) is 0.786. The van der Waals surface area contributed by atoms with Crippen LogP contribution in [0.15, 0.2) is 0 Å². The zero-order valence-corrected chi connectivity index (χ0v) is 13.1. The highest BCUT2D eigenvalue weighted by atomic mass is 16.2. The number of H-pyrrole nitrogens is 1. The minimum atomic E-state index is -0.270. The van der Waals surface area contributed by atoms with Gasteiger partial charge in [-0.2, -0.15) is 0 Å². The number of hydrogen-bond acceptors (Lipinski definition) is 4. The van der Waals surface area contributed by atoms with Gasteiger partial charge in [0.25, 0.3) is 5.91 Å². The summed E-state index contributed by atoms with van der Waals surface area (Å²) in [4.78, 5) is 16.2. The molecule has 0 saturated heterocycles. The van der Waals surface area contributed by atoms with Gasteiger partial charge in [0.05, 0.1) is 0 Å². The van der Waals surface area contributed by atoms with Gasteiger partial charge < -0.3 is 10.4 Å². The summed E-state index contributed by atoms with van der Waals surface area (Å²) >= 11 is 0. The van der Waals surface area contributed by atoms with E-state index >= 15 is 0 Å². The van der Waals surface area contributed by atoms with Crippen LogP contribution in [-0.2, 0) is 5.41 Å². The smallest absolute Gasteiger partial charge is 0.290 e. The van der Waals surface area contributed by atoms with Gasteiger partial charge in [-0.05, 0) is 18.3 Å². The quantitative estimate of drug-likeness (QED) is 0.739. The normalized spacial score (nSPS) is 12.5. The average Bonchev–Trinajstić information content (AvgIpc) is 2.83. The van der Waals surface area contributed by atoms with Gasteiger partial charge in [-0.3, -0.25) is 9.89 Å². The molecule has 0 saturated carbocycles. The Hall–Kier alpha value is -1.43. The van der Waals surface area contributed by atoms with Crippen molar-refractivity contribution < 1.29 is 9.90 Å². The maximum Gasteiger partial charge on any atom is 0.290 e. The lowest BCUT2D eigenvalue weighted by molar-refractivity contribution is 0.0923. The number of carbonyl (C=O) groups excluding carboxylic acids is 1. The van der Waals surface area contributed by atoms with Crippen molar-refractivity contribution in [3.8, 4) is 0 Å². The molecule has 1 heterocycles. The largest absolute Gasteiger partial charge is 0.396 e. The van der Waals surface area contributed by atoms with Crippen LogP contribution in [0.3, 0.4) is 0 Å². The molecule has 6 heteroatoms. The predicted molar refractivity (Wildman–Crippen MR) is 77.5 cm³/mol. The van der Waals surface area contributed by atoms with Crippen molar-refractivity contribution in [3.05, 3.63) is 11.6 Å². The van der Waals surface area contributed by atoms with E-state index in [0.29, 0.717) is 12.4 Å². The van der Waals surface area contributed by atoms with Crippen LogP contribution < -0.4 is 5.32 Å². The van der Waals surface area contributed by atoms with Crippen LogP contribution in [-0.4, -0.2) is 39.3 Å². The topological polar surface area (TPSA) is 90.9 Å². The van der Waals surface area contributed by atoms with Crippen molar-refractivity contribution in [3.63, 3.8) is 0 Å². The maximum atomic E-state index is 12.0. The zero-order chi connectivity index (χ0) is 15.4. The maximum absolute atomic E-state index is 12.0. The number of aliphatic hydroxyl groups is 1. The highest BCUT2D eigenvalue weighted by Crippen LogP contribution is 2.21. The Morgan fingerprint density at radius 2 is 1.95 bits per heavy atom. The first-order valence-electron chi connectivity index (χ1n) is 6.98. The van der Waals surface area contributed by atoms with Crippen LogP contribution in [0, 0.1) is 5.41 Å². The van der Waals surface area contributed by atoms with Gasteiger partial charge in [0.1, 0.15) is 5.82 Å². The molecule has 0 aliphatic rings.